The summed E-state index contributed by atoms with van der Waals surface area (Å²) in [4.78, 5) is 27.0. The van der Waals surface area contributed by atoms with Crippen LogP contribution in [0, 0.1) is 23.1 Å². The Kier molecular flexibility index (Phi) is 4.08. The summed E-state index contributed by atoms with van der Waals surface area (Å²) in [5, 5.41) is 3.21. The normalized spacial score (nSPS) is 34.6. The molecular weight excluding hydrogens is 331 g/mol. The zero-order valence-corrected chi connectivity index (χ0v) is 15.6. The SMILES string of the molecule is CC(=O)NC12CC3CC(C1)CC(C(=O)N(C)Cc1ccc(F)cc1)(C3)C2. The average Bonchev–Trinajstić information content (AvgIpc) is 2.53. The number of nitrogens with zero attached hydrogens (tertiary/aromatic N) is 1. The molecule has 26 heavy (non-hydrogen) atoms. The number of carbonyl (C=O) groups excluding carboxylic acids is 2. The molecule has 0 saturated heterocycles. The Morgan fingerprint density at radius 2 is 1.77 bits per heavy atom. The Balaban J connectivity index is 1.54. The minimum absolute atomic E-state index is 0.00853. The van der Waals surface area contributed by atoms with Gasteiger partial charge in [-0.3, -0.25) is 9.59 Å². The van der Waals surface area contributed by atoms with Crippen molar-refractivity contribution in [3.05, 3.63) is 35.6 Å². The van der Waals surface area contributed by atoms with Gasteiger partial charge in [0.1, 0.15) is 5.82 Å². The second-order valence-electron chi connectivity index (χ2n) is 8.99. The van der Waals surface area contributed by atoms with Gasteiger partial charge in [-0.15, -0.1) is 0 Å². The van der Waals surface area contributed by atoms with Crippen molar-refractivity contribution in [3.8, 4) is 0 Å². The molecule has 0 aliphatic heterocycles. The Hall–Kier alpha value is -1.91. The molecule has 2 atom stereocenters. The van der Waals surface area contributed by atoms with Gasteiger partial charge in [-0.25, -0.2) is 4.39 Å². The zero-order chi connectivity index (χ0) is 18.5. The van der Waals surface area contributed by atoms with Gasteiger partial charge in [0.15, 0.2) is 0 Å². The summed E-state index contributed by atoms with van der Waals surface area (Å²) in [6.07, 6.45) is 5.87. The van der Waals surface area contributed by atoms with Crippen molar-refractivity contribution in [3.63, 3.8) is 0 Å². The minimum Gasteiger partial charge on any atom is -0.351 e. The van der Waals surface area contributed by atoms with E-state index >= 15 is 0 Å². The quantitative estimate of drug-likeness (QED) is 0.898. The second kappa shape index (κ2) is 6.07. The summed E-state index contributed by atoms with van der Waals surface area (Å²) in [7, 11) is 1.84. The first-order chi connectivity index (χ1) is 12.3. The van der Waals surface area contributed by atoms with E-state index in [-0.39, 0.29) is 28.6 Å². The number of hydrogen-bond acceptors (Lipinski definition) is 2. The van der Waals surface area contributed by atoms with Gasteiger partial charge < -0.3 is 10.2 Å². The monoisotopic (exact) mass is 358 g/mol. The van der Waals surface area contributed by atoms with Crippen molar-refractivity contribution in [1.82, 2.24) is 10.2 Å². The van der Waals surface area contributed by atoms with Crippen LogP contribution in [0.4, 0.5) is 4.39 Å². The minimum atomic E-state index is -0.346. The third-order valence-corrected chi connectivity index (χ3v) is 6.64. The maximum Gasteiger partial charge on any atom is 0.228 e. The van der Waals surface area contributed by atoms with Crippen LogP contribution >= 0.6 is 0 Å². The fourth-order valence-corrected chi connectivity index (χ4v) is 6.37. The fraction of sp³-hybridized carbons (Fsp3) is 0.619. The molecule has 4 fully saturated rings. The number of nitrogens with one attached hydrogen (secondary N) is 1. The van der Waals surface area contributed by atoms with E-state index in [2.05, 4.69) is 5.32 Å². The molecule has 4 saturated carbocycles. The molecule has 1 N–H and O–H groups in total. The Morgan fingerprint density at radius 3 is 2.35 bits per heavy atom. The van der Waals surface area contributed by atoms with Gasteiger partial charge in [-0.2, -0.15) is 0 Å². The first kappa shape index (κ1) is 17.5. The first-order valence-electron chi connectivity index (χ1n) is 9.58. The standard InChI is InChI=1S/C21H27FN2O2/c1-14(25)23-21-10-16-7-17(11-21)9-20(8-16,13-21)19(26)24(2)12-15-3-5-18(22)6-4-15/h3-6,16-17H,7-13H2,1-2H3,(H,23,25). The van der Waals surface area contributed by atoms with Crippen molar-refractivity contribution in [2.75, 3.05) is 7.05 Å². The second-order valence-corrected chi connectivity index (χ2v) is 8.99. The summed E-state index contributed by atoms with van der Waals surface area (Å²) in [6.45, 7) is 2.07. The molecule has 0 aromatic heterocycles. The fourth-order valence-electron chi connectivity index (χ4n) is 6.37. The largest absolute Gasteiger partial charge is 0.351 e. The lowest BCUT2D eigenvalue weighted by molar-refractivity contribution is -0.162. The van der Waals surface area contributed by atoms with Crippen molar-refractivity contribution >= 4 is 11.8 Å². The van der Waals surface area contributed by atoms with Crippen LogP contribution < -0.4 is 5.32 Å². The van der Waals surface area contributed by atoms with E-state index in [0.29, 0.717) is 18.4 Å². The number of hydrogen-bond donors (Lipinski definition) is 1. The molecule has 0 radical (unpaired) electrons. The molecule has 2 unspecified atom stereocenters. The topological polar surface area (TPSA) is 49.4 Å². The summed E-state index contributed by atoms with van der Waals surface area (Å²) in [6, 6.07) is 6.34. The van der Waals surface area contributed by atoms with Gasteiger partial charge >= 0.3 is 0 Å². The number of halogens is 1. The number of amides is 2. The highest BCUT2D eigenvalue weighted by molar-refractivity contribution is 5.84. The predicted octanol–water partition coefficient (Wildman–Crippen LogP) is 3.26. The molecule has 1 aromatic carbocycles. The maximum absolute atomic E-state index is 13.4. The van der Waals surface area contributed by atoms with Crippen LogP contribution in [0.25, 0.3) is 0 Å². The van der Waals surface area contributed by atoms with Crippen molar-refractivity contribution in [2.24, 2.45) is 17.3 Å². The lowest BCUT2D eigenvalue weighted by Gasteiger charge is -2.61. The van der Waals surface area contributed by atoms with Crippen LogP contribution in [0.2, 0.25) is 0 Å². The molecule has 140 valence electrons. The molecular formula is C21H27FN2O2. The van der Waals surface area contributed by atoms with Crippen LogP contribution in [0.1, 0.15) is 51.0 Å². The average molecular weight is 358 g/mol. The molecule has 4 bridgehead atoms. The predicted molar refractivity (Wildman–Crippen MR) is 96.5 cm³/mol. The van der Waals surface area contributed by atoms with Gasteiger partial charge in [0.25, 0.3) is 0 Å². The lowest BCUT2D eigenvalue weighted by atomic mass is 9.46. The van der Waals surface area contributed by atoms with Gasteiger partial charge in [-0.1, -0.05) is 12.1 Å². The molecule has 2 amide bonds. The van der Waals surface area contributed by atoms with E-state index in [9.17, 15) is 14.0 Å². The van der Waals surface area contributed by atoms with Crippen molar-refractivity contribution in [2.45, 2.75) is 57.5 Å². The number of benzene rings is 1. The number of rotatable bonds is 4. The molecule has 1 aromatic rings. The van der Waals surface area contributed by atoms with Crippen LogP contribution in [-0.2, 0) is 16.1 Å². The summed E-state index contributed by atoms with van der Waals surface area (Å²) < 4.78 is 13.1. The first-order valence-corrected chi connectivity index (χ1v) is 9.58. The molecule has 5 rings (SSSR count). The highest BCUT2D eigenvalue weighted by Crippen LogP contribution is 2.62. The Bertz CT molecular complexity index is 716. The van der Waals surface area contributed by atoms with Crippen LogP contribution in [0.5, 0.6) is 0 Å². The van der Waals surface area contributed by atoms with Gasteiger partial charge in [0.2, 0.25) is 11.8 Å². The van der Waals surface area contributed by atoms with Crippen molar-refractivity contribution in [1.29, 1.82) is 0 Å². The molecule has 0 heterocycles. The van der Waals surface area contributed by atoms with Gasteiger partial charge in [0, 0.05) is 26.1 Å². The lowest BCUT2D eigenvalue weighted by Crippen LogP contribution is -2.65. The summed E-state index contributed by atoms with van der Waals surface area (Å²) in [5.74, 6) is 0.999. The van der Waals surface area contributed by atoms with Crippen LogP contribution in [0.15, 0.2) is 24.3 Å². The summed E-state index contributed by atoms with van der Waals surface area (Å²) in [5.41, 5.74) is 0.396. The van der Waals surface area contributed by atoms with Gasteiger partial charge in [-0.05, 0) is 68.1 Å². The Morgan fingerprint density at radius 1 is 1.15 bits per heavy atom. The van der Waals surface area contributed by atoms with E-state index in [4.69, 9.17) is 0 Å². The highest BCUT2D eigenvalue weighted by atomic mass is 19.1. The van der Waals surface area contributed by atoms with Crippen LogP contribution in [0.3, 0.4) is 0 Å². The van der Waals surface area contributed by atoms with Crippen LogP contribution in [-0.4, -0.2) is 29.3 Å². The summed E-state index contributed by atoms with van der Waals surface area (Å²) >= 11 is 0. The number of carbonyl (C=O) groups is 2. The Labute approximate surface area is 154 Å². The third-order valence-electron chi connectivity index (χ3n) is 6.64. The van der Waals surface area contributed by atoms with E-state index in [1.807, 2.05) is 7.05 Å². The zero-order valence-electron chi connectivity index (χ0n) is 15.6. The molecule has 4 aliphatic carbocycles. The molecule has 4 aliphatic rings. The van der Waals surface area contributed by atoms with Gasteiger partial charge in [0.05, 0.1) is 5.41 Å². The molecule has 5 heteroatoms. The maximum atomic E-state index is 13.4. The highest BCUT2D eigenvalue weighted by Gasteiger charge is 2.61. The van der Waals surface area contributed by atoms with E-state index < -0.39 is 0 Å². The molecule has 0 spiro atoms. The van der Waals surface area contributed by atoms with E-state index in [1.165, 1.54) is 18.6 Å². The third kappa shape index (κ3) is 3.01. The van der Waals surface area contributed by atoms with E-state index in [0.717, 1.165) is 37.7 Å². The molecule has 4 nitrogen and oxygen atoms in total. The van der Waals surface area contributed by atoms with E-state index in [1.54, 1.807) is 24.0 Å². The van der Waals surface area contributed by atoms with Crippen molar-refractivity contribution < 1.29 is 14.0 Å². The smallest absolute Gasteiger partial charge is 0.228 e.